The first-order valence-electron chi connectivity index (χ1n) is 28.9. The number of nitrogens with zero attached hydrogens (tertiary/aromatic N) is 2. The van der Waals surface area contributed by atoms with E-state index in [9.17, 15) is 0 Å². The fourth-order valence-corrected chi connectivity index (χ4v) is 27.3. The minimum absolute atomic E-state index is 0.440. The van der Waals surface area contributed by atoms with Gasteiger partial charge >= 0.3 is 0 Å². The molecule has 4 heteroatoms. The van der Waals surface area contributed by atoms with Crippen molar-refractivity contribution in [1.29, 1.82) is 0 Å². The van der Waals surface area contributed by atoms with Crippen LogP contribution in [0.5, 0.6) is 0 Å². The Balaban J connectivity index is 0.700. The van der Waals surface area contributed by atoms with Crippen LogP contribution < -0.4 is 30.5 Å². The van der Waals surface area contributed by atoms with E-state index in [0.717, 1.165) is 0 Å². The van der Waals surface area contributed by atoms with E-state index in [-0.39, 0.29) is 0 Å². The third-order valence-corrected chi connectivity index (χ3v) is 30.4. The quantitative estimate of drug-likeness (QED) is 0.121. The lowest BCUT2D eigenvalue weighted by Gasteiger charge is -2.41. The number of hydrogen-bond donors (Lipinski definition) is 0. The largest absolute Gasteiger partial charge is 0.345 e. The predicted molar refractivity (Wildman–Crippen MR) is 341 cm³/mol. The molecule has 10 aromatic carbocycles. The van der Waals surface area contributed by atoms with Crippen molar-refractivity contribution < 1.29 is 0 Å². The molecule has 2 aliphatic carbocycles. The van der Waals surface area contributed by atoms with Crippen molar-refractivity contribution in [3.63, 3.8) is 0 Å². The molecule has 6 aliphatic rings. The molecule has 10 aromatic rings. The molecule has 0 bridgehead atoms. The Kier molecular flexibility index (Phi) is 10.6. The van der Waals surface area contributed by atoms with Crippen LogP contribution in [-0.4, -0.2) is 30.2 Å². The van der Waals surface area contributed by atoms with Gasteiger partial charge in [-0.15, -0.1) is 0 Å². The molecule has 380 valence electrons. The fourth-order valence-electron chi connectivity index (χ4n) is 16.1. The van der Waals surface area contributed by atoms with E-state index < -0.39 is 21.6 Å². The summed E-state index contributed by atoms with van der Waals surface area (Å²) in [5, 5.41) is 6.55. The maximum Gasteiger partial charge on any atom is 0.123 e. The molecule has 0 amide bonds. The smallest absolute Gasteiger partial charge is 0.123 e. The Morgan fingerprint density at radius 3 is 1.09 bits per heavy atom. The highest BCUT2D eigenvalue weighted by molar-refractivity contribution is 7.05. The van der Waals surface area contributed by atoms with Crippen molar-refractivity contribution in [3.8, 4) is 44.5 Å². The van der Waals surface area contributed by atoms with Gasteiger partial charge in [0.05, 0.1) is 5.41 Å². The maximum absolute atomic E-state index is 2.50. The lowest BCUT2D eigenvalue weighted by Crippen LogP contribution is -2.61. The molecule has 4 aliphatic heterocycles. The van der Waals surface area contributed by atoms with Crippen LogP contribution in [0.4, 0.5) is 22.7 Å². The number of benzene rings is 10. The lowest BCUT2D eigenvalue weighted by atomic mass is 9.70. The van der Waals surface area contributed by atoms with E-state index in [1.807, 2.05) is 0 Å². The van der Waals surface area contributed by atoms with Gasteiger partial charge in [0, 0.05) is 36.8 Å². The van der Waals surface area contributed by atoms with Crippen molar-refractivity contribution in [2.45, 2.75) is 55.3 Å². The molecule has 3 spiro atoms. The van der Waals surface area contributed by atoms with Gasteiger partial charge in [-0.2, -0.15) is 0 Å². The van der Waals surface area contributed by atoms with Crippen LogP contribution in [0.25, 0.3) is 68.8 Å². The zero-order valence-corrected chi connectivity index (χ0v) is 47.1. The van der Waals surface area contributed by atoms with E-state index in [1.54, 1.807) is 20.7 Å². The Morgan fingerprint density at radius 1 is 0.304 bits per heavy atom. The minimum Gasteiger partial charge on any atom is -0.345 e. The van der Waals surface area contributed by atoms with E-state index in [1.165, 1.54) is 162 Å². The van der Waals surface area contributed by atoms with Gasteiger partial charge in [0.15, 0.2) is 0 Å². The summed E-state index contributed by atoms with van der Waals surface area (Å²) in [7, 11) is 1.05. The predicted octanol–water partition coefficient (Wildman–Crippen LogP) is 16.6. The molecule has 79 heavy (non-hydrogen) atoms. The van der Waals surface area contributed by atoms with Gasteiger partial charge in [0.1, 0.15) is 16.1 Å². The average Bonchev–Trinajstić information content (AvgIpc) is 2.90. The first kappa shape index (κ1) is 46.8. The van der Waals surface area contributed by atoms with E-state index in [4.69, 9.17) is 0 Å². The zero-order valence-electron chi connectivity index (χ0n) is 45.1. The number of anilines is 4. The van der Waals surface area contributed by atoms with Crippen LogP contribution in [0.1, 0.15) is 70.2 Å². The van der Waals surface area contributed by atoms with E-state index >= 15 is 0 Å². The van der Waals surface area contributed by atoms with Gasteiger partial charge in [-0.25, -0.2) is 0 Å². The molecule has 2 fully saturated rings. The van der Waals surface area contributed by atoms with Crippen molar-refractivity contribution in [2.24, 2.45) is 0 Å². The summed E-state index contributed by atoms with van der Waals surface area (Å²) in [6.07, 6.45) is 14.6. The van der Waals surface area contributed by atoms with E-state index in [0.29, 0.717) is 0 Å². The number of rotatable bonds is 6. The van der Waals surface area contributed by atoms with Crippen LogP contribution >= 0.6 is 0 Å². The highest BCUT2D eigenvalue weighted by Crippen LogP contribution is 2.63. The number of para-hydroxylation sites is 2. The molecular formula is C75H62N2Si2. The molecule has 4 heterocycles. The molecule has 0 atom stereocenters. The molecular weight excluding hydrogens is 985 g/mol. The first-order valence-corrected chi connectivity index (χ1v) is 33.8. The van der Waals surface area contributed by atoms with Crippen LogP contribution in [0.15, 0.2) is 218 Å². The second-order valence-electron chi connectivity index (χ2n) is 23.6. The summed E-state index contributed by atoms with van der Waals surface area (Å²) in [5.41, 5.74) is 25.8. The normalized spacial score (nSPS) is 17.0. The summed E-state index contributed by atoms with van der Waals surface area (Å²) in [4.78, 5) is 4.91. The highest BCUT2D eigenvalue weighted by Gasteiger charge is 2.52. The fraction of sp³-hybridized carbons (Fsp3) is 0.147. The molecule has 0 N–H and O–H groups in total. The van der Waals surface area contributed by atoms with E-state index in [2.05, 4.69) is 267 Å². The Hall–Kier alpha value is -8.29. The van der Waals surface area contributed by atoms with Crippen molar-refractivity contribution in [3.05, 3.63) is 263 Å². The molecule has 0 saturated carbocycles. The molecule has 0 aromatic heterocycles. The van der Waals surface area contributed by atoms with Crippen LogP contribution in [0.3, 0.4) is 0 Å². The first-order chi connectivity index (χ1) is 38.9. The summed E-state index contributed by atoms with van der Waals surface area (Å²) in [5.74, 6) is 0. The Bertz CT molecular complexity index is 3920. The number of hydrogen-bond acceptors (Lipinski definition) is 2. The van der Waals surface area contributed by atoms with Crippen molar-refractivity contribution in [1.82, 2.24) is 0 Å². The standard InChI is InChI=1S/C75H62N2Si2/c1-76-67-19-7-9-21-71(67)78(43-11-12-44-78)73-41-37-57(49-69(73)76)55-33-27-51(28-34-55)23-25-53-31-39-61-62-40-32-54(48-66(62)75(65(61)47-53)63-17-5-3-15-59(63)60-16-4-6-18-64(60)75)26-24-52-29-35-56(36-30-52)58-38-42-74-70(50-58)77(2)68-20-8-10-22-72(68)79(74)45-13-14-46-79/h3-10,15-42,47-50H,11-14,43-46H2,1-2H3. The second-order valence-corrected chi connectivity index (χ2v) is 32.0. The third-order valence-electron chi connectivity index (χ3n) is 19.8. The second kappa shape index (κ2) is 17.9. The number of fused-ring (bicyclic) bond motifs is 18. The summed E-state index contributed by atoms with van der Waals surface area (Å²) in [6.45, 7) is 0. The molecule has 2 saturated heterocycles. The zero-order chi connectivity index (χ0) is 52.5. The minimum atomic E-state index is -1.74. The SMILES string of the molecule is CN1c2ccccc2[Si]2(CCCC2)c2ccc(-c3ccc(C=Cc4ccc5c(c4)C4(c6ccccc6-c6ccccc64)c4cc(C=Cc6ccc(-c7ccc8c(c7)N(C)c7ccccc7[Si]87CCCC7)cc6)ccc4-5)cc3)cc21. The van der Waals surface area contributed by atoms with Gasteiger partial charge < -0.3 is 9.80 Å². The van der Waals surface area contributed by atoms with Gasteiger partial charge in [-0.3, -0.25) is 0 Å². The van der Waals surface area contributed by atoms with Gasteiger partial charge in [-0.05, 0) is 170 Å². The Morgan fingerprint density at radius 2 is 0.646 bits per heavy atom. The maximum atomic E-state index is 2.50. The summed E-state index contributed by atoms with van der Waals surface area (Å²) >= 11 is 0. The average molecular weight is 1050 g/mol. The van der Waals surface area contributed by atoms with Crippen molar-refractivity contribution in [2.75, 3.05) is 23.9 Å². The third kappa shape index (κ3) is 6.87. The molecule has 0 radical (unpaired) electrons. The molecule has 2 nitrogen and oxygen atoms in total. The van der Waals surface area contributed by atoms with Gasteiger partial charge in [0.2, 0.25) is 0 Å². The van der Waals surface area contributed by atoms with Crippen LogP contribution in [-0.2, 0) is 5.41 Å². The summed E-state index contributed by atoms with van der Waals surface area (Å²) in [6, 6.07) is 89.7. The van der Waals surface area contributed by atoms with Gasteiger partial charge in [-0.1, -0.05) is 232 Å². The Labute approximate surface area is 467 Å². The molecule has 16 rings (SSSR count). The van der Waals surface area contributed by atoms with Crippen molar-refractivity contribution >= 4 is 83.9 Å². The van der Waals surface area contributed by atoms with Crippen LogP contribution in [0.2, 0.25) is 24.2 Å². The topological polar surface area (TPSA) is 6.48 Å². The summed E-state index contributed by atoms with van der Waals surface area (Å²) < 4.78 is 0. The highest BCUT2D eigenvalue weighted by atomic mass is 28.3. The van der Waals surface area contributed by atoms with Crippen LogP contribution in [0, 0.1) is 0 Å². The monoisotopic (exact) mass is 1050 g/mol. The lowest BCUT2D eigenvalue weighted by molar-refractivity contribution is 0.793. The van der Waals surface area contributed by atoms with Gasteiger partial charge in [0.25, 0.3) is 0 Å². The molecule has 0 unspecified atom stereocenters.